The number of aromatic nitrogens is 7. The molecule has 1 atom stereocenters. The van der Waals surface area contributed by atoms with Crippen molar-refractivity contribution in [1.29, 1.82) is 0 Å². The first kappa shape index (κ1) is 26.7. The Labute approximate surface area is 236 Å². The zero-order valence-electron chi connectivity index (χ0n) is 23.1. The van der Waals surface area contributed by atoms with Crippen molar-refractivity contribution in [2.24, 2.45) is 0 Å². The number of aliphatic hydroxyl groups excluding tert-OH is 1. The predicted octanol–water partition coefficient (Wildman–Crippen LogP) is 3.80. The topological polar surface area (TPSA) is 117 Å². The maximum Gasteiger partial charge on any atom is 0.225 e. The lowest BCUT2D eigenvalue weighted by molar-refractivity contribution is 0.101. The zero-order valence-corrected chi connectivity index (χ0v) is 23.1. The van der Waals surface area contributed by atoms with Crippen molar-refractivity contribution in [2.75, 3.05) is 24.6 Å². The van der Waals surface area contributed by atoms with Crippen LogP contribution in [0.25, 0.3) is 22.2 Å². The number of benzene rings is 1. The van der Waals surface area contributed by atoms with Gasteiger partial charge in [-0.05, 0) is 56.5 Å². The number of fused-ring (bicyclic) bond motifs is 1. The lowest BCUT2D eigenvalue weighted by atomic mass is 9.90. The van der Waals surface area contributed by atoms with Gasteiger partial charge in [0.2, 0.25) is 5.95 Å². The molecule has 0 fully saturated rings. The van der Waals surface area contributed by atoms with Crippen LogP contribution in [0, 0.1) is 5.82 Å². The molecule has 41 heavy (non-hydrogen) atoms. The Morgan fingerprint density at radius 1 is 0.927 bits per heavy atom. The first-order chi connectivity index (χ1) is 19.7. The Morgan fingerprint density at radius 2 is 1.68 bits per heavy atom. The van der Waals surface area contributed by atoms with Gasteiger partial charge in [-0.25, -0.2) is 23.9 Å². The van der Waals surface area contributed by atoms with Crippen molar-refractivity contribution in [1.82, 2.24) is 34.3 Å². The third kappa shape index (κ3) is 4.98. The molecule has 0 radical (unpaired) electrons. The van der Waals surface area contributed by atoms with Crippen LogP contribution in [0.1, 0.15) is 44.0 Å². The molecule has 5 aromatic rings. The molecule has 210 valence electrons. The van der Waals surface area contributed by atoms with E-state index in [4.69, 9.17) is 0 Å². The van der Waals surface area contributed by atoms with Crippen molar-refractivity contribution in [3.8, 4) is 11.1 Å². The fraction of sp³-hybridized carbons (Fsp3) is 0.300. The molecule has 0 saturated heterocycles. The summed E-state index contributed by atoms with van der Waals surface area (Å²) in [5, 5.41) is 29.6. The summed E-state index contributed by atoms with van der Waals surface area (Å²) >= 11 is 0. The number of aliphatic hydroxyl groups is 2. The minimum atomic E-state index is -1.34. The molecule has 0 bridgehead atoms. The molecule has 6 rings (SSSR count). The molecule has 0 saturated carbocycles. The zero-order chi connectivity index (χ0) is 28.8. The van der Waals surface area contributed by atoms with Crippen molar-refractivity contribution in [3.05, 3.63) is 96.4 Å². The van der Waals surface area contributed by atoms with E-state index in [1.807, 2.05) is 30.8 Å². The average molecular weight is 555 g/mol. The number of rotatable bonds is 7. The van der Waals surface area contributed by atoms with E-state index in [-0.39, 0.29) is 12.4 Å². The van der Waals surface area contributed by atoms with Gasteiger partial charge in [0.25, 0.3) is 0 Å². The van der Waals surface area contributed by atoms with Crippen LogP contribution < -0.4 is 4.90 Å². The van der Waals surface area contributed by atoms with Gasteiger partial charge in [0, 0.05) is 54.6 Å². The lowest BCUT2D eigenvalue weighted by Crippen LogP contribution is -2.30. The summed E-state index contributed by atoms with van der Waals surface area (Å²) in [5.74, 6) is 0.212. The Hall–Kier alpha value is -4.48. The molecule has 1 aromatic carbocycles. The molecule has 0 spiro atoms. The van der Waals surface area contributed by atoms with Crippen LogP contribution >= 0.6 is 0 Å². The largest absolute Gasteiger partial charge is 0.394 e. The first-order valence-electron chi connectivity index (χ1n) is 13.4. The summed E-state index contributed by atoms with van der Waals surface area (Å²) in [4.78, 5) is 15.7. The second kappa shape index (κ2) is 10.2. The minimum absolute atomic E-state index is 0.0152. The second-order valence-corrected chi connectivity index (χ2v) is 11.1. The first-order valence-corrected chi connectivity index (χ1v) is 13.4. The molecule has 11 heteroatoms. The fourth-order valence-electron chi connectivity index (χ4n) is 4.95. The third-order valence-corrected chi connectivity index (χ3v) is 7.73. The van der Waals surface area contributed by atoms with E-state index in [2.05, 4.69) is 42.2 Å². The van der Waals surface area contributed by atoms with E-state index in [1.54, 1.807) is 48.7 Å². The fourth-order valence-corrected chi connectivity index (χ4v) is 4.95. The highest BCUT2D eigenvalue weighted by molar-refractivity contribution is 5.80. The van der Waals surface area contributed by atoms with Gasteiger partial charge >= 0.3 is 0 Å². The van der Waals surface area contributed by atoms with Crippen LogP contribution in [0.3, 0.4) is 0 Å². The highest BCUT2D eigenvalue weighted by Gasteiger charge is 2.27. The Balaban J connectivity index is 1.20. The summed E-state index contributed by atoms with van der Waals surface area (Å²) in [6.07, 6.45) is 13.4. The van der Waals surface area contributed by atoms with Gasteiger partial charge in [0.05, 0.1) is 29.6 Å². The third-order valence-electron chi connectivity index (χ3n) is 7.73. The van der Waals surface area contributed by atoms with Crippen molar-refractivity contribution < 1.29 is 14.6 Å². The van der Waals surface area contributed by atoms with Gasteiger partial charge in [-0.3, -0.25) is 4.68 Å². The Kier molecular flexibility index (Phi) is 6.63. The number of anilines is 1. The van der Waals surface area contributed by atoms with E-state index < -0.39 is 11.1 Å². The van der Waals surface area contributed by atoms with Gasteiger partial charge in [0.15, 0.2) is 0 Å². The SMILES string of the molecule is CC(C)(CO)n1cc(-c2cc3c(C4=CCN(c5ncc([C@@](C)(O)c6ccc(F)cc6)cn5)CC4)ncnn3c2)cn1. The van der Waals surface area contributed by atoms with Crippen molar-refractivity contribution >= 4 is 17.0 Å². The number of nitrogens with zero attached hydrogens (tertiary/aromatic N) is 8. The maximum atomic E-state index is 13.3. The van der Waals surface area contributed by atoms with E-state index in [0.29, 0.717) is 30.2 Å². The molecule has 1 aliphatic rings. The molecule has 4 aromatic heterocycles. The van der Waals surface area contributed by atoms with Gasteiger partial charge in [-0.1, -0.05) is 18.2 Å². The van der Waals surface area contributed by atoms with Crippen LogP contribution in [-0.2, 0) is 11.1 Å². The second-order valence-electron chi connectivity index (χ2n) is 11.1. The molecular formula is C30H31FN8O2. The number of hydrogen-bond acceptors (Lipinski definition) is 8. The van der Waals surface area contributed by atoms with Gasteiger partial charge in [-0.15, -0.1) is 0 Å². The van der Waals surface area contributed by atoms with Gasteiger partial charge < -0.3 is 15.1 Å². The number of hydrogen-bond donors (Lipinski definition) is 2. The van der Waals surface area contributed by atoms with Crippen LogP contribution in [0.4, 0.5) is 10.3 Å². The normalized spacial score (nSPS) is 15.7. The van der Waals surface area contributed by atoms with E-state index in [9.17, 15) is 14.6 Å². The van der Waals surface area contributed by atoms with Crippen molar-refractivity contribution in [3.63, 3.8) is 0 Å². The predicted molar refractivity (Wildman–Crippen MR) is 153 cm³/mol. The van der Waals surface area contributed by atoms with Crippen LogP contribution in [0.15, 0.2) is 73.7 Å². The standard InChI is InChI=1S/C30H31FN8O2/c1-29(2,18-40)39-17-22(13-35-39)21-12-26-27(34-19-36-38(26)16-21)20-8-10-37(11-9-20)28-32-14-24(15-33-28)30(3,41)23-4-6-25(31)7-5-23/h4-8,12-17,19,40-41H,9-11,18H2,1-3H3/t30-/m0/s1. The average Bonchev–Trinajstić information content (AvgIpc) is 3.66. The molecule has 0 amide bonds. The summed E-state index contributed by atoms with van der Waals surface area (Å²) in [6.45, 7) is 6.80. The monoisotopic (exact) mass is 554 g/mol. The maximum absolute atomic E-state index is 13.3. The summed E-state index contributed by atoms with van der Waals surface area (Å²) < 4.78 is 16.9. The van der Waals surface area contributed by atoms with E-state index in [0.717, 1.165) is 34.3 Å². The lowest BCUT2D eigenvalue weighted by Gasteiger charge is -2.28. The minimum Gasteiger partial charge on any atom is -0.394 e. The van der Waals surface area contributed by atoms with Crippen LogP contribution in [0.2, 0.25) is 0 Å². The quantitative estimate of drug-likeness (QED) is 0.312. The molecular weight excluding hydrogens is 523 g/mol. The van der Waals surface area contributed by atoms with E-state index >= 15 is 0 Å². The van der Waals surface area contributed by atoms with Crippen molar-refractivity contribution in [2.45, 2.75) is 38.3 Å². The van der Waals surface area contributed by atoms with Crippen LogP contribution in [0.5, 0.6) is 0 Å². The Morgan fingerprint density at radius 3 is 2.37 bits per heavy atom. The molecule has 10 nitrogen and oxygen atoms in total. The molecule has 0 aliphatic carbocycles. The molecule has 2 N–H and O–H groups in total. The highest BCUT2D eigenvalue weighted by Crippen LogP contribution is 2.31. The summed E-state index contributed by atoms with van der Waals surface area (Å²) in [5.41, 5.74) is 4.05. The number of halogens is 1. The molecule has 0 unspecified atom stereocenters. The van der Waals surface area contributed by atoms with Gasteiger partial charge in [0.1, 0.15) is 17.7 Å². The highest BCUT2D eigenvalue weighted by atomic mass is 19.1. The van der Waals surface area contributed by atoms with Crippen LogP contribution in [-0.4, -0.2) is 64.3 Å². The molecule has 5 heterocycles. The molecule has 1 aliphatic heterocycles. The smallest absolute Gasteiger partial charge is 0.225 e. The van der Waals surface area contributed by atoms with E-state index in [1.165, 1.54) is 12.1 Å². The summed E-state index contributed by atoms with van der Waals surface area (Å²) in [6, 6.07) is 7.83. The van der Waals surface area contributed by atoms with Gasteiger partial charge in [-0.2, -0.15) is 10.2 Å². The summed E-state index contributed by atoms with van der Waals surface area (Å²) in [7, 11) is 0. The Bertz CT molecular complexity index is 1720.